The van der Waals surface area contributed by atoms with Gasteiger partial charge in [-0.3, -0.25) is 9.59 Å². The van der Waals surface area contributed by atoms with E-state index >= 15 is 4.39 Å². The number of rotatable bonds is 7. The molecular formula is C28H28F2N4O4S. The van der Waals surface area contributed by atoms with Crippen LogP contribution in [0.3, 0.4) is 0 Å². The van der Waals surface area contributed by atoms with Gasteiger partial charge in [-0.25, -0.2) is 17.2 Å². The predicted octanol–water partition coefficient (Wildman–Crippen LogP) is 4.47. The first-order valence-corrected chi connectivity index (χ1v) is 14.6. The smallest absolute Gasteiger partial charge is 0.274 e. The first kappa shape index (κ1) is 26.6. The summed E-state index contributed by atoms with van der Waals surface area (Å²) in [6.45, 7) is 2.38. The van der Waals surface area contributed by atoms with Gasteiger partial charge in [-0.1, -0.05) is 19.4 Å². The molecule has 3 heterocycles. The van der Waals surface area contributed by atoms with E-state index in [0.717, 1.165) is 31.2 Å². The second-order valence-corrected chi connectivity index (χ2v) is 12.0. The molecule has 2 aromatic heterocycles. The summed E-state index contributed by atoms with van der Waals surface area (Å²) < 4.78 is 55.0. The van der Waals surface area contributed by atoms with Gasteiger partial charge in [-0.05, 0) is 36.2 Å². The zero-order valence-corrected chi connectivity index (χ0v) is 22.5. The van der Waals surface area contributed by atoms with Crippen LogP contribution in [0.2, 0.25) is 0 Å². The third kappa shape index (κ3) is 4.82. The topological polar surface area (TPSA) is 104 Å². The Labute approximate surface area is 224 Å². The van der Waals surface area contributed by atoms with Crippen molar-refractivity contribution in [2.75, 3.05) is 17.7 Å². The van der Waals surface area contributed by atoms with Crippen LogP contribution >= 0.6 is 0 Å². The third-order valence-electron chi connectivity index (χ3n) is 6.88. The Morgan fingerprint density at radius 3 is 2.54 bits per heavy atom. The summed E-state index contributed by atoms with van der Waals surface area (Å²) >= 11 is 0. The Kier molecular flexibility index (Phi) is 6.79. The quantitative estimate of drug-likeness (QED) is 0.328. The van der Waals surface area contributed by atoms with Crippen LogP contribution < -0.4 is 15.8 Å². The van der Waals surface area contributed by atoms with E-state index in [0.29, 0.717) is 39.9 Å². The number of halogens is 2. The van der Waals surface area contributed by atoms with Gasteiger partial charge < -0.3 is 19.8 Å². The van der Waals surface area contributed by atoms with E-state index in [2.05, 4.69) is 10.3 Å². The highest BCUT2D eigenvalue weighted by Crippen LogP contribution is 2.49. The van der Waals surface area contributed by atoms with Crippen molar-refractivity contribution in [3.8, 4) is 11.1 Å². The summed E-state index contributed by atoms with van der Waals surface area (Å²) in [6.07, 6.45) is 5.90. The summed E-state index contributed by atoms with van der Waals surface area (Å²) in [7, 11) is -1.79. The number of hydrogen-bond acceptors (Lipinski definition) is 5. The Hall–Kier alpha value is -3.99. The molecule has 1 aliphatic heterocycles. The number of hydrogen-bond donors (Lipinski definition) is 2. The lowest BCUT2D eigenvalue weighted by atomic mass is 9.98. The molecule has 0 saturated heterocycles. The number of H-pyrrole nitrogens is 1. The molecule has 0 aliphatic carbocycles. The van der Waals surface area contributed by atoms with E-state index in [1.165, 1.54) is 15.5 Å². The van der Waals surface area contributed by atoms with Crippen molar-refractivity contribution >= 4 is 38.0 Å². The van der Waals surface area contributed by atoms with Gasteiger partial charge in [0.05, 0.1) is 17.1 Å². The number of fused-ring (bicyclic) bond motifs is 2. The summed E-state index contributed by atoms with van der Waals surface area (Å²) in [6, 6.07) is 6.94. The van der Waals surface area contributed by atoms with Crippen LogP contribution in [0, 0.1) is 11.6 Å². The van der Waals surface area contributed by atoms with E-state index in [-0.39, 0.29) is 22.5 Å². The van der Waals surface area contributed by atoms with Crippen LogP contribution in [0.15, 0.2) is 53.6 Å². The zero-order chi connectivity index (χ0) is 28.1. The molecule has 0 fully saturated rings. The van der Waals surface area contributed by atoms with E-state index < -0.39 is 33.4 Å². The highest BCUT2D eigenvalue weighted by Gasteiger charge is 2.38. The maximum absolute atomic E-state index is 15.4. The molecule has 0 radical (unpaired) electrons. The Bertz CT molecular complexity index is 1780. The number of nitrogens with one attached hydrogen (secondary N) is 2. The van der Waals surface area contributed by atoms with Gasteiger partial charge in [0, 0.05) is 60.4 Å². The number of anilines is 2. The lowest BCUT2D eigenvalue weighted by Gasteiger charge is -2.33. The zero-order valence-electron chi connectivity index (χ0n) is 21.7. The van der Waals surface area contributed by atoms with Crippen LogP contribution in [0.1, 0.15) is 36.9 Å². The largest absolute Gasteiger partial charge is 0.356 e. The normalized spacial score (nSPS) is 14.8. The minimum absolute atomic E-state index is 0.0435. The van der Waals surface area contributed by atoms with Gasteiger partial charge in [0.25, 0.3) is 5.56 Å². The van der Waals surface area contributed by atoms with Crippen LogP contribution in [0.5, 0.6) is 0 Å². The fraction of sp³-hybridized carbons (Fsp3) is 0.286. The molecule has 0 spiro atoms. The number of sulfone groups is 1. The number of nitrogens with zero attached hydrogens (tertiary/aromatic N) is 2. The maximum Gasteiger partial charge on any atom is 0.274 e. The highest BCUT2D eigenvalue weighted by molar-refractivity contribution is 7.89. The van der Waals surface area contributed by atoms with Gasteiger partial charge in [0.2, 0.25) is 5.91 Å². The minimum atomic E-state index is -3.38. The number of amides is 1. The number of pyridine rings is 1. The number of aryl methyl sites for hydroxylation is 1. The predicted molar refractivity (Wildman–Crippen MR) is 147 cm³/mol. The van der Waals surface area contributed by atoms with Gasteiger partial charge in [0.15, 0.2) is 9.84 Å². The molecule has 1 atom stereocenters. The molecule has 2 aromatic carbocycles. The standard InChI is InChI=1S/C28H28F2N4O4S/c1-4-5-10-31-27(35)26-19-13-32-25-24(19)20(14-33(2)28(25)36)18-11-16(15-39(3,37)38)6-8-22(18)34(26)23-9-7-17(29)12-21(23)30/h6-9,11-14,26,32H,4-5,10,15H2,1-3H3,(H,31,35). The molecule has 8 nitrogen and oxygen atoms in total. The third-order valence-corrected chi connectivity index (χ3v) is 7.73. The van der Waals surface area contributed by atoms with Gasteiger partial charge in [0.1, 0.15) is 23.2 Å². The fourth-order valence-electron chi connectivity index (χ4n) is 5.18. The number of aromatic amines is 1. The molecule has 5 rings (SSSR count). The van der Waals surface area contributed by atoms with Gasteiger partial charge >= 0.3 is 0 Å². The number of unbranched alkanes of at least 4 members (excludes halogenated alkanes) is 1. The second-order valence-electron chi connectivity index (χ2n) is 9.89. The van der Waals surface area contributed by atoms with E-state index in [1.807, 2.05) is 6.92 Å². The number of benzene rings is 2. The monoisotopic (exact) mass is 554 g/mol. The Morgan fingerprint density at radius 1 is 1.10 bits per heavy atom. The minimum Gasteiger partial charge on any atom is -0.356 e. The summed E-state index contributed by atoms with van der Waals surface area (Å²) in [5.74, 6) is -2.30. The molecule has 0 saturated carbocycles. The summed E-state index contributed by atoms with van der Waals surface area (Å²) in [5, 5.41) is 3.40. The molecule has 0 bridgehead atoms. The SMILES string of the molecule is CCCCNC(=O)C1c2c[nH]c3c(=O)n(C)cc(c23)-c2cc(CS(C)(=O)=O)ccc2N1c1ccc(F)cc1F. The lowest BCUT2D eigenvalue weighted by Crippen LogP contribution is -2.39. The van der Waals surface area contributed by atoms with Crippen molar-refractivity contribution in [2.45, 2.75) is 31.6 Å². The second kappa shape index (κ2) is 9.96. The molecule has 2 N–H and O–H groups in total. The molecule has 1 amide bonds. The Balaban J connectivity index is 1.87. The average Bonchev–Trinajstić information content (AvgIpc) is 3.25. The molecule has 204 valence electrons. The van der Waals surface area contributed by atoms with E-state index in [9.17, 15) is 22.4 Å². The van der Waals surface area contributed by atoms with Crippen molar-refractivity contribution in [3.05, 3.63) is 81.9 Å². The first-order valence-electron chi connectivity index (χ1n) is 12.5. The molecule has 1 unspecified atom stereocenters. The fourth-order valence-corrected chi connectivity index (χ4v) is 5.96. The van der Waals surface area contributed by atoms with Gasteiger partial charge in [-0.2, -0.15) is 0 Å². The first-order chi connectivity index (χ1) is 18.5. The maximum atomic E-state index is 15.4. The van der Waals surface area contributed by atoms with Gasteiger partial charge in [-0.15, -0.1) is 0 Å². The van der Waals surface area contributed by atoms with E-state index in [4.69, 9.17) is 0 Å². The molecule has 11 heteroatoms. The van der Waals surface area contributed by atoms with Crippen molar-refractivity contribution < 1.29 is 22.0 Å². The van der Waals surface area contributed by atoms with Crippen molar-refractivity contribution in [3.63, 3.8) is 0 Å². The van der Waals surface area contributed by atoms with Crippen LogP contribution in [0.25, 0.3) is 22.0 Å². The van der Waals surface area contributed by atoms with Crippen molar-refractivity contribution in [2.24, 2.45) is 7.05 Å². The van der Waals surface area contributed by atoms with Crippen LogP contribution in [0.4, 0.5) is 20.2 Å². The van der Waals surface area contributed by atoms with Crippen LogP contribution in [-0.4, -0.2) is 36.7 Å². The molecule has 39 heavy (non-hydrogen) atoms. The molecular weight excluding hydrogens is 526 g/mol. The van der Waals surface area contributed by atoms with Crippen molar-refractivity contribution in [1.29, 1.82) is 0 Å². The highest BCUT2D eigenvalue weighted by atomic mass is 32.2. The Morgan fingerprint density at radius 2 is 1.85 bits per heavy atom. The summed E-state index contributed by atoms with van der Waals surface area (Å²) in [4.78, 5) is 31.4. The van der Waals surface area contributed by atoms with Crippen molar-refractivity contribution in [1.82, 2.24) is 14.9 Å². The number of carbonyl (C=O) groups is 1. The average molecular weight is 555 g/mol. The molecule has 4 aromatic rings. The summed E-state index contributed by atoms with van der Waals surface area (Å²) in [5.41, 5.74) is 2.31. The number of carbonyl (C=O) groups excluding carboxylic acids is 1. The van der Waals surface area contributed by atoms with E-state index in [1.54, 1.807) is 37.6 Å². The number of aromatic nitrogens is 2. The molecule has 1 aliphatic rings. The van der Waals surface area contributed by atoms with Crippen LogP contribution in [-0.2, 0) is 27.4 Å². The lowest BCUT2D eigenvalue weighted by molar-refractivity contribution is -0.122.